The van der Waals surface area contributed by atoms with Crippen LogP contribution in [0.15, 0.2) is 60.8 Å². The number of pyridine rings is 1. The van der Waals surface area contributed by atoms with Gasteiger partial charge >= 0.3 is 0 Å². The largest absolute Gasteiger partial charge is 0.497 e. The first-order valence-corrected chi connectivity index (χ1v) is 7.69. The minimum atomic E-state index is -0.716. The van der Waals surface area contributed by atoms with E-state index < -0.39 is 17.5 Å². The topological polar surface area (TPSA) is 63.2 Å². The fourth-order valence-corrected chi connectivity index (χ4v) is 2.23. The maximum atomic E-state index is 13.6. The van der Waals surface area contributed by atoms with Crippen molar-refractivity contribution in [3.8, 4) is 5.75 Å². The third-order valence-electron chi connectivity index (χ3n) is 3.58. The number of rotatable bonds is 5. The van der Waals surface area contributed by atoms with Crippen LogP contribution in [0.2, 0.25) is 0 Å². The summed E-state index contributed by atoms with van der Waals surface area (Å²) in [5.74, 6) is -1.16. The van der Waals surface area contributed by atoms with Gasteiger partial charge < -0.3 is 15.4 Å². The molecule has 132 valence electrons. The van der Waals surface area contributed by atoms with Crippen LogP contribution in [0.5, 0.6) is 5.75 Å². The fraction of sp³-hybridized carbons (Fsp3) is 0.0526. The van der Waals surface area contributed by atoms with Gasteiger partial charge in [-0.05, 0) is 48.5 Å². The van der Waals surface area contributed by atoms with Gasteiger partial charge in [-0.25, -0.2) is 13.8 Å². The van der Waals surface area contributed by atoms with Gasteiger partial charge in [0.2, 0.25) is 0 Å². The molecule has 0 fully saturated rings. The van der Waals surface area contributed by atoms with Crippen LogP contribution >= 0.6 is 0 Å². The van der Waals surface area contributed by atoms with E-state index in [9.17, 15) is 13.6 Å². The number of nitrogens with one attached hydrogen (secondary N) is 2. The van der Waals surface area contributed by atoms with Crippen molar-refractivity contribution in [3.63, 3.8) is 0 Å². The average Bonchev–Trinajstić information content (AvgIpc) is 2.66. The number of carbonyl (C=O) groups is 1. The summed E-state index contributed by atoms with van der Waals surface area (Å²) in [4.78, 5) is 16.2. The highest BCUT2D eigenvalue weighted by molar-refractivity contribution is 6.03. The van der Waals surface area contributed by atoms with Crippen molar-refractivity contribution in [1.29, 1.82) is 0 Å². The molecule has 2 aromatic carbocycles. The Labute approximate surface area is 148 Å². The van der Waals surface area contributed by atoms with Gasteiger partial charge in [0.05, 0.1) is 19.0 Å². The number of ether oxygens (including phenoxy) is 1. The standard InChI is InChI=1S/C19H15F2N3O2/c1-26-14-8-5-12(6-9-14)24-19(25)17-10-7-13(11-22-17)23-18-15(20)3-2-4-16(18)21/h2-11,23H,1H3,(H,24,25). The molecular formula is C19H15F2N3O2. The summed E-state index contributed by atoms with van der Waals surface area (Å²) in [6, 6.07) is 13.4. The van der Waals surface area contributed by atoms with Crippen molar-refractivity contribution in [2.45, 2.75) is 0 Å². The molecule has 0 aliphatic carbocycles. The molecule has 0 saturated heterocycles. The first kappa shape index (κ1) is 17.3. The van der Waals surface area contributed by atoms with E-state index in [0.717, 1.165) is 12.1 Å². The Morgan fingerprint density at radius 3 is 2.19 bits per heavy atom. The Hall–Kier alpha value is -3.48. The summed E-state index contributed by atoms with van der Waals surface area (Å²) in [5, 5.41) is 5.31. The predicted octanol–water partition coefficient (Wildman–Crippen LogP) is 4.36. The lowest BCUT2D eigenvalue weighted by molar-refractivity contribution is 0.102. The lowest BCUT2D eigenvalue weighted by Gasteiger charge is -2.09. The van der Waals surface area contributed by atoms with Crippen molar-refractivity contribution >= 4 is 23.0 Å². The molecule has 1 aromatic heterocycles. The highest BCUT2D eigenvalue weighted by atomic mass is 19.1. The molecule has 1 amide bonds. The number of halogens is 2. The highest BCUT2D eigenvalue weighted by Gasteiger charge is 2.11. The van der Waals surface area contributed by atoms with Gasteiger partial charge in [-0.3, -0.25) is 4.79 Å². The van der Waals surface area contributed by atoms with Crippen LogP contribution in [-0.4, -0.2) is 18.0 Å². The fourth-order valence-electron chi connectivity index (χ4n) is 2.23. The van der Waals surface area contributed by atoms with E-state index in [-0.39, 0.29) is 11.4 Å². The number of benzene rings is 2. The zero-order valence-corrected chi connectivity index (χ0v) is 13.8. The molecule has 0 saturated carbocycles. The van der Waals surface area contributed by atoms with Crippen molar-refractivity contribution in [1.82, 2.24) is 4.98 Å². The van der Waals surface area contributed by atoms with E-state index in [1.165, 1.54) is 24.4 Å². The second-order valence-electron chi connectivity index (χ2n) is 5.34. The SMILES string of the molecule is COc1ccc(NC(=O)c2ccc(Nc3c(F)cccc3F)cn2)cc1. The number of hydrogen-bond acceptors (Lipinski definition) is 4. The normalized spacial score (nSPS) is 10.3. The van der Waals surface area contributed by atoms with Gasteiger partial charge in [0.25, 0.3) is 5.91 Å². The monoisotopic (exact) mass is 355 g/mol. The van der Waals surface area contributed by atoms with Crippen LogP contribution in [0.1, 0.15) is 10.5 Å². The van der Waals surface area contributed by atoms with Crippen LogP contribution < -0.4 is 15.4 Å². The van der Waals surface area contributed by atoms with Crippen molar-refractivity contribution in [2.24, 2.45) is 0 Å². The number of nitrogens with zero attached hydrogens (tertiary/aromatic N) is 1. The maximum absolute atomic E-state index is 13.6. The van der Waals surface area contributed by atoms with Gasteiger partial charge in [-0.2, -0.15) is 0 Å². The van der Waals surface area contributed by atoms with Crippen molar-refractivity contribution in [2.75, 3.05) is 17.7 Å². The lowest BCUT2D eigenvalue weighted by atomic mass is 10.2. The smallest absolute Gasteiger partial charge is 0.274 e. The number of carbonyl (C=O) groups excluding carboxylic acids is 1. The molecule has 0 atom stereocenters. The van der Waals surface area contributed by atoms with E-state index in [4.69, 9.17) is 4.74 Å². The minimum absolute atomic E-state index is 0.167. The quantitative estimate of drug-likeness (QED) is 0.714. The van der Waals surface area contributed by atoms with Crippen LogP contribution in [-0.2, 0) is 0 Å². The number of methoxy groups -OCH3 is 1. The number of amides is 1. The van der Waals surface area contributed by atoms with Crippen LogP contribution in [0.25, 0.3) is 0 Å². The molecule has 0 bridgehead atoms. The number of anilines is 3. The lowest BCUT2D eigenvalue weighted by Crippen LogP contribution is -2.13. The number of hydrogen-bond donors (Lipinski definition) is 2. The molecule has 0 unspecified atom stereocenters. The Morgan fingerprint density at radius 2 is 1.62 bits per heavy atom. The molecule has 1 heterocycles. The summed E-state index contributed by atoms with van der Waals surface area (Å²) in [6.07, 6.45) is 1.33. The molecule has 2 N–H and O–H groups in total. The second kappa shape index (κ2) is 7.60. The molecule has 0 spiro atoms. The zero-order chi connectivity index (χ0) is 18.5. The molecule has 0 radical (unpaired) electrons. The van der Waals surface area contributed by atoms with Gasteiger partial charge in [-0.15, -0.1) is 0 Å². The molecule has 3 aromatic rings. The zero-order valence-electron chi connectivity index (χ0n) is 13.8. The van der Waals surface area contributed by atoms with Crippen LogP contribution in [0.3, 0.4) is 0 Å². The summed E-state index contributed by atoms with van der Waals surface area (Å²) in [6.45, 7) is 0. The third-order valence-corrected chi connectivity index (χ3v) is 3.58. The molecule has 0 aliphatic rings. The Morgan fingerprint density at radius 1 is 0.962 bits per heavy atom. The molecule has 5 nitrogen and oxygen atoms in total. The molecule has 7 heteroatoms. The van der Waals surface area contributed by atoms with Crippen molar-refractivity contribution in [3.05, 3.63) is 78.1 Å². The highest BCUT2D eigenvalue weighted by Crippen LogP contribution is 2.23. The molecule has 3 rings (SSSR count). The third kappa shape index (κ3) is 3.94. The summed E-state index contributed by atoms with van der Waals surface area (Å²) in [7, 11) is 1.56. The van der Waals surface area contributed by atoms with Crippen molar-refractivity contribution < 1.29 is 18.3 Å². The van der Waals surface area contributed by atoms with E-state index >= 15 is 0 Å². The van der Waals surface area contributed by atoms with Gasteiger partial charge in [0.15, 0.2) is 0 Å². The van der Waals surface area contributed by atoms with Crippen LogP contribution in [0, 0.1) is 11.6 Å². The Balaban J connectivity index is 1.69. The molecular weight excluding hydrogens is 340 g/mol. The predicted molar refractivity (Wildman–Crippen MR) is 94.8 cm³/mol. The summed E-state index contributed by atoms with van der Waals surface area (Å²) < 4.78 is 32.3. The second-order valence-corrected chi connectivity index (χ2v) is 5.34. The Kier molecular flexibility index (Phi) is 5.07. The van der Waals surface area contributed by atoms with Gasteiger partial charge in [0, 0.05) is 5.69 Å². The van der Waals surface area contributed by atoms with E-state index in [0.29, 0.717) is 17.1 Å². The first-order valence-electron chi connectivity index (χ1n) is 7.69. The molecule has 0 aliphatic heterocycles. The van der Waals surface area contributed by atoms with Gasteiger partial charge in [0.1, 0.15) is 28.8 Å². The van der Waals surface area contributed by atoms with E-state index in [2.05, 4.69) is 15.6 Å². The number of aromatic nitrogens is 1. The van der Waals surface area contributed by atoms with E-state index in [1.807, 2.05) is 0 Å². The molecule has 26 heavy (non-hydrogen) atoms. The maximum Gasteiger partial charge on any atom is 0.274 e. The van der Waals surface area contributed by atoms with E-state index in [1.54, 1.807) is 31.4 Å². The average molecular weight is 355 g/mol. The van der Waals surface area contributed by atoms with Gasteiger partial charge in [-0.1, -0.05) is 6.07 Å². The first-order chi connectivity index (χ1) is 12.6. The minimum Gasteiger partial charge on any atom is -0.497 e. The summed E-state index contributed by atoms with van der Waals surface area (Å²) >= 11 is 0. The summed E-state index contributed by atoms with van der Waals surface area (Å²) in [5.41, 5.74) is 0.841. The number of para-hydroxylation sites is 1. The van der Waals surface area contributed by atoms with Crippen LogP contribution in [0.4, 0.5) is 25.8 Å². The Bertz CT molecular complexity index is 893.